The Morgan fingerprint density at radius 1 is 1.20 bits per heavy atom. The van der Waals surface area contributed by atoms with E-state index in [1.54, 1.807) is 22.2 Å². The molecule has 2 saturated heterocycles. The molecule has 2 fully saturated rings. The number of carbonyl (C=O) groups is 3. The van der Waals surface area contributed by atoms with Gasteiger partial charge in [0.15, 0.2) is 5.69 Å². The first-order chi connectivity index (χ1) is 19.3. The lowest BCUT2D eigenvalue weighted by atomic mass is 9.85. The van der Waals surface area contributed by atoms with Gasteiger partial charge in [0, 0.05) is 38.0 Å². The lowest BCUT2D eigenvalue weighted by Gasteiger charge is -2.34. The molecule has 1 aromatic heterocycles. The molecule has 41 heavy (non-hydrogen) atoms. The number of fused-ring (bicyclic) bond motifs is 5. The number of unbranched alkanes of at least 4 members (excludes halogenated alkanes) is 1. The molecular weight excluding hydrogens is 548 g/mol. The number of nitrogens with zero attached hydrogens (tertiary/aromatic N) is 3. The number of hydrogen-bond acceptors (Lipinski definition) is 10. The third-order valence-corrected chi connectivity index (χ3v) is 8.69. The average molecular weight is 591 g/mol. The zero-order chi connectivity index (χ0) is 30.1. The number of methoxy groups -OCH3 is 1. The van der Waals surface area contributed by atoms with E-state index in [2.05, 4.69) is 4.98 Å². The second kappa shape index (κ2) is 12.6. The van der Waals surface area contributed by atoms with Crippen LogP contribution in [0.2, 0.25) is 0 Å². The highest BCUT2D eigenvalue weighted by Crippen LogP contribution is 2.45. The average Bonchev–Trinajstić information content (AvgIpc) is 3.69. The van der Waals surface area contributed by atoms with E-state index in [1.807, 2.05) is 46.8 Å². The van der Waals surface area contributed by atoms with Crippen molar-refractivity contribution in [1.29, 1.82) is 5.41 Å². The number of thiazole rings is 1. The molecule has 1 N–H and O–H groups in total. The number of carbonyl (C=O) groups excluding carboxylic acids is 3. The van der Waals surface area contributed by atoms with Crippen LogP contribution in [-0.4, -0.2) is 89.7 Å². The fourth-order valence-electron chi connectivity index (χ4n) is 5.68. The Morgan fingerprint density at radius 2 is 1.88 bits per heavy atom. The summed E-state index contributed by atoms with van der Waals surface area (Å²) in [6.07, 6.45) is 4.40. The van der Waals surface area contributed by atoms with Crippen molar-refractivity contribution in [2.24, 2.45) is 17.8 Å². The van der Waals surface area contributed by atoms with Crippen LogP contribution in [0.4, 0.5) is 4.79 Å². The lowest BCUT2D eigenvalue weighted by molar-refractivity contribution is -0.130. The minimum atomic E-state index is -0.623. The van der Waals surface area contributed by atoms with Crippen LogP contribution in [0.3, 0.4) is 0 Å². The number of ether oxygens (including phenoxy) is 4. The maximum absolute atomic E-state index is 13.0. The Balaban J connectivity index is 1.38. The first-order valence-electron chi connectivity index (χ1n) is 14.2. The Bertz CT molecular complexity index is 1150. The van der Waals surface area contributed by atoms with Crippen molar-refractivity contribution in [2.45, 2.75) is 83.8 Å². The summed E-state index contributed by atoms with van der Waals surface area (Å²) in [4.78, 5) is 45.6. The van der Waals surface area contributed by atoms with E-state index >= 15 is 0 Å². The predicted molar refractivity (Wildman–Crippen MR) is 153 cm³/mol. The van der Waals surface area contributed by atoms with Crippen molar-refractivity contribution >= 4 is 35.1 Å². The number of amides is 2. The van der Waals surface area contributed by atoms with E-state index in [0.29, 0.717) is 43.3 Å². The van der Waals surface area contributed by atoms with Crippen LogP contribution in [0, 0.1) is 23.2 Å². The van der Waals surface area contributed by atoms with Crippen LogP contribution >= 0.6 is 11.3 Å². The van der Waals surface area contributed by atoms with Gasteiger partial charge in [-0.2, -0.15) is 0 Å². The fourth-order valence-corrected chi connectivity index (χ4v) is 6.52. The molecular formula is C29H42N4O7S. The largest absolute Gasteiger partial charge is 0.464 e. The monoisotopic (exact) mass is 590 g/mol. The summed E-state index contributed by atoms with van der Waals surface area (Å²) in [5, 5.41) is 10.8. The number of hydrogen-bond donors (Lipinski definition) is 1. The van der Waals surface area contributed by atoms with Gasteiger partial charge in [-0.25, -0.2) is 14.6 Å². The molecule has 0 saturated carbocycles. The zero-order valence-electron chi connectivity index (χ0n) is 24.9. The van der Waals surface area contributed by atoms with Gasteiger partial charge < -0.3 is 28.7 Å². The highest BCUT2D eigenvalue weighted by atomic mass is 32.1. The molecule has 0 aromatic carbocycles. The summed E-state index contributed by atoms with van der Waals surface area (Å²) >= 11 is 1.32. The summed E-state index contributed by atoms with van der Waals surface area (Å²) < 4.78 is 22.5. The van der Waals surface area contributed by atoms with Gasteiger partial charge in [-0.3, -0.25) is 10.2 Å². The zero-order valence-corrected chi connectivity index (χ0v) is 25.7. The molecule has 4 unspecified atom stereocenters. The van der Waals surface area contributed by atoms with Gasteiger partial charge in [0.2, 0.25) is 5.91 Å². The molecule has 3 aliphatic rings. The number of amidine groups is 1. The minimum Gasteiger partial charge on any atom is -0.464 e. The van der Waals surface area contributed by atoms with Gasteiger partial charge in [0.1, 0.15) is 22.5 Å². The van der Waals surface area contributed by atoms with E-state index in [0.717, 1.165) is 0 Å². The lowest BCUT2D eigenvalue weighted by Crippen LogP contribution is -2.44. The summed E-state index contributed by atoms with van der Waals surface area (Å²) in [7, 11) is 3.04. The van der Waals surface area contributed by atoms with E-state index in [-0.39, 0.29) is 47.6 Å². The standard InChI is InChI=1S/C29H42N4O7S/c1-16(2)18(32(6)28(36)40-29(3,4)5)14-21(25-31-17(15-41-25)27(35)37-7)38-13-9-8-12-33-24(30)22-19-10-11-20(39-19)23(22)26(33)34/h10-11,15-16,18-23,30H,8-9,12-14H2,1-7H3/t18-,19?,20?,21-,22?,23?/m1/s1. The highest BCUT2D eigenvalue weighted by Gasteiger charge is 2.58. The number of nitrogens with one attached hydrogen (secondary N) is 1. The molecule has 2 amide bonds. The van der Waals surface area contributed by atoms with E-state index in [9.17, 15) is 14.4 Å². The number of esters is 1. The van der Waals surface area contributed by atoms with E-state index in [1.165, 1.54) is 18.4 Å². The van der Waals surface area contributed by atoms with Gasteiger partial charge in [-0.05, 0) is 39.5 Å². The van der Waals surface area contributed by atoms with Gasteiger partial charge in [-0.15, -0.1) is 11.3 Å². The molecule has 1 aromatic rings. The van der Waals surface area contributed by atoms with Crippen molar-refractivity contribution < 1.29 is 33.3 Å². The van der Waals surface area contributed by atoms with Gasteiger partial charge in [0.25, 0.3) is 0 Å². The normalized spacial score (nSPS) is 24.6. The molecule has 0 aliphatic carbocycles. The summed E-state index contributed by atoms with van der Waals surface area (Å²) in [6, 6.07) is -0.214. The van der Waals surface area contributed by atoms with Crippen LogP contribution in [-0.2, 0) is 23.7 Å². The third kappa shape index (κ3) is 6.81. The van der Waals surface area contributed by atoms with Crippen molar-refractivity contribution in [1.82, 2.24) is 14.8 Å². The molecule has 226 valence electrons. The quantitative estimate of drug-likeness (QED) is 0.215. The summed E-state index contributed by atoms with van der Waals surface area (Å²) in [5.41, 5.74) is -0.408. The Kier molecular flexibility index (Phi) is 9.55. The molecule has 4 rings (SSSR count). The molecule has 0 spiro atoms. The first-order valence-corrected chi connectivity index (χ1v) is 15.0. The van der Waals surface area contributed by atoms with E-state index in [4.69, 9.17) is 24.4 Å². The third-order valence-electron chi connectivity index (χ3n) is 7.75. The van der Waals surface area contributed by atoms with Gasteiger partial charge >= 0.3 is 12.1 Å². The second-order valence-electron chi connectivity index (χ2n) is 12.1. The van der Waals surface area contributed by atoms with Crippen LogP contribution in [0.5, 0.6) is 0 Å². The van der Waals surface area contributed by atoms with Crippen LogP contribution in [0.15, 0.2) is 17.5 Å². The van der Waals surface area contributed by atoms with Crippen LogP contribution < -0.4 is 0 Å². The van der Waals surface area contributed by atoms with E-state index < -0.39 is 23.8 Å². The smallest absolute Gasteiger partial charge is 0.410 e. The molecule has 6 atom stereocenters. The Morgan fingerprint density at radius 3 is 2.49 bits per heavy atom. The summed E-state index contributed by atoms with van der Waals surface area (Å²) in [5.74, 6) is -0.561. The molecule has 12 heteroatoms. The Hall–Kier alpha value is -2.83. The highest BCUT2D eigenvalue weighted by molar-refractivity contribution is 7.09. The maximum atomic E-state index is 13.0. The van der Waals surface area contributed by atoms with Crippen molar-refractivity contribution in [3.63, 3.8) is 0 Å². The topological polar surface area (TPSA) is 131 Å². The van der Waals surface area contributed by atoms with Gasteiger partial charge in [-0.1, -0.05) is 26.0 Å². The predicted octanol–water partition coefficient (Wildman–Crippen LogP) is 4.44. The maximum Gasteiger partial charge on any atom is 0.410 e. The summed E-state index contributed by atoms with van der Waals surface area (Å²) in [6.45, 7) is 10.4. The Labute approximate surface area is 245 Å². The van der Waals surface area contributed by atoms with Crippen molar-refractivity contribution in [3.05, 3.63) is 28.2 Å². The molecule has 0 radical (unpaired) electrons. The van der Waals surface area contributed by atoms with Crippen molar-refractivity contribution in [3.8, 4) is 0 Å². The number of aromatic nitrogens is 1. The first kappa shape index (κ1) is 31.1. The molecule has 3 aliphatic heterocycles. The van der Waals surface area contributed by atoms with Crippen LogP contribution in [0.1, 0.15) is 75.5 Å². The molecule has 11 nitrogen and oxygen atoms in total. The van der Waals surface area contributed by atoms with Crippen LogP contribution in [0.25, 0.3) is 0 Å². The molecule has 2 bridgehead atoms. The molecule has 4 heterocycles. The number of likely N-dealkylation sites (tertiary alicyclic amines) is 1. The van der Waals surface area contributed by atoms with Crippen molar-refractivity contribution in [2.75, 3.05) is 27.3 Å². The van der Waals surface area contributed by atoms with Gasteiger partial charge in [0.05, 0.1) is 31.2 Å². The number of rotatable bonds is 12. The second-order valence-corrected chi connectivity index (χ2v) is 13.0. The SMILES string of the molecule is COC(=O)c1csc([C@@H](C[C@H](C(C)C)N(C)C(=O)OC(C)(C)C)OCCCCN2C(=N)C3C4C=CC(O4)C3C2=O)n1. The minimum absolute atomic E-state index is 0.0290. The fraction of sp³-hybridized carbons (Fsp3) is 0.690.